The lowest BCUT2D eigenvalue weighted by Crippen LogP contribution is -2.22. The van der Waals surface area contributed by atoms with E-state index in [1.54, 1.807) is 0 Å². The minimum Gasteiger partial charge on any atom is -0.483 e. The summed E-state index contributed by atoms with van der Waals surface area (Å²) in [5.74, 6) is 0. The fourth-order valence-electron chi connectivity index (χ4n) is 2.12. The van der Waals surface area contributed by atoms with Gasteiger partial charge in [-0.3, -0.25) is 4.79 Å². The van der Waals surface area contributed by atoms with E-state index in [1.807, 2.05) is 0 Å². The lowest BCUT2D eigenvalue weighted by atomic mass is 10.1. The second-order valence-corrected chi connectivity index (χ2v) is 3.66. The monoisotopic (exact) mass is 254 g/mol. The fraction of sp³-hybridized carbons (Fsp3) is 0.250. The van der Waals surface area contributed by atoms with Gasteiger partial charge in [-0.1, -0.05) is 18.2 Å². The number of rotatable bonds is 0. The molecule has 3 rings (SSSR count). The first kappa shape index (κ1) is 13.5. The summed E-state index contributed by atoms with van der Waals surface area (Å²) in [7, 11) is 0. The number of carbonyl (C=O) groups is 1. The summed E-state index contributed by atoms with van der Waals surface area (Å²) in [5.41, 5.74) is 4.15. The highest BCUT2D eigenvalue weighted by Crippen LogP contribution is 2.24. The van der Waals surface area contributed by atoms with E-state index in [0.717, 1.165) is 19.5 Å². The molecule has 1 aliphatic rings. The van der Waals surface area contributed by atoms with Crippen molar-refractivity contribution in [3.63, 3.8) is 0 Å². The second-order valence-electron chi connectivity index (χ2n) is 3.66. The molecule has 1 aromatic heterocycles. The van der Waals surface area contributed by atoms with Crippen LogP contribution in [0.2, 0.25) is 0 Å². The molecular weight excluding hydrogens is 240 g/mol. The van der Waals surface area contributed by atoms with Crippen LogP contribution in [0.25, 0.3) is 10.9 Å². The number of halogens is 1. The number of para-hydroxylation sites is 1. The van der Waals surface area contributed by atoms with Crippen molar-refractivity contribution >= 4 is 29.8 Å². The summed E-state index contributed by atoms with van der Waals surface area (Å²) in [5, 5.41) is 11.7. The molecule has 17 heavy (non-hydrogen) atoms. The minimum atomic E-state index is -0.250. The normalized spacial score (nSPS) is 12.9. The lowest BCUT2D eigenvalue weighted by molar-refractivity contribution is -0.122. The summed E-state index contributed by atoms with van der Waals surface area (Å²) in [6.07, 6.45) is 1.15. The molecule has 0 spiro atoms. The van der Waals surface area contributed by atoms with E-state index in [-0.39, 0.29) is 18.9 Å². The summed E-state index contributed by atoms with van der Waals surface area (Å²) in [6.45, 7) is 1.85. The van der Waals surface area contributed by atoms with E-state index in [1.165, 1.54) is 22.2 Å². The van der Waals surface area contributed by atoms with Gasteiger partial charge in [-0.05, 0) is 24.6 Å². The van der Waals surface area contributed by atoms with Gasteiger partial charge in [0.1, 0.15) is 0 Å². The van der Waals surface area contributed by atoms with Crippen molar-refractivity contribution in [1.29, 1.82) is 0 Å². The molecule has 0 aliphatic carbocycles. The summed E-state index contributed by atoms with van der Waals surface area (Å²) in [6, 6.07) is 8.54. The molecule has 0 saturated carbocycles. The SMILES string of the molecule is Cl.O=CO.c1ccc2c3c([nH]c2c1)CNCC3. The van der Waals surface area contributed by atoms with Crippen LogP contribution in [0.15, 0.2) is 24.3 Å². The Morgan fingerprint density at radius 3 is 2.76 bits per heavy atom. The predicted molar refractivity (Wildman–Crippen MR) is 69.7 cm³/mol. The molecule has 0 bridgehead atoms. The maximum atomic E-state index is 8.36. The third-order valence-electron chi connectivity index (χ3n) is 2.76. The highest BCUT2D eigenvalue weighted by atomic mass is 35.5. The Morgan fingerprint density at radius 1 is 1.29 bits per heavy atom. The number of hydrogen-bond acceptors (Lipinski definition) is 2. The van der Waals surface area contributed by atoms with E-state index in [0.29, 0.717) is 0 Å². The van der Waals surface area contributed by atoms with Crippen LogP contribution in [0.1, 0.15) is 11.3 Å². The summed E-state index contributed by atoms with van der Waals surface area (Å²) in [4.78, 5) is 11.8. The Morgan fingerprint density at radius 2 is 2.00 bits per heavy atom. The van der Waals surface area contributed by atoms with Crippen LogP contribution in [-0.2, 0) is 17.8 Å². The standard InChI is InChI=1S/C11H12N2.CH2O2.ClH/c1-2-4-10-8(3-1)9-5-6-12-7-11(9)13-10;2-1-3;/h1-4,12-13H,5-7H2;1H,(H,2,3);1H. The molecule has 2 aromatic rings. The molecule has 1 aliphatic heterocycles. The molecule has 0 atom stereocenters. The number of fused-ring (bicyclic) bond motifs is 3. The average Bonchev–Trinajstić information content (AvgIpc) is 2.68. The topological polar surface area (TPSA) is 65.1 Å². The van der Waals surface area contributed by atoms with E-state index >= 15 is 0 Å². The highest BCUT2D eigenvalue weighted by molar-refractivity contribution is 5.85. The van der Waals surface area contributed by atoms with E-state index in [9.17, 15) is 0 Å². The largest absolute Gasteiger partial charge is 0.483 e. The van der Waals surface area contributed by atoms with Gasteiger partial charge in [-0.25, -0.2) is 0 Å². The molecule has 0 saturated heterocycles. The predicted octanol–water partition coefficient (Wildman–Crippen LogP) is 1.94. The fourth-order valence-corrected chi connectivity index (χ4v) is 2.12. The van der Waals surface area contributed by atoms with Gasteiger partial charge in [0.05, 0.1) is 0 Å². The van der Waals surface area contributed by atoms with Crippen LogP contribution in [0.5, 0.6) is 0 Å². The van der Waals surface area contributed by atoms with Gasteiger partial charge in [0.25, 0.3) is 6.47 Å². The number of aromatic amines is 1. The van der Waals surface area contributed by atoms with Crippen molar-refractivity contribution in [1.82, 2.24) is 10.3 Å². The molecule has 3 N–H and O–H groups in total. The highest BCUT2D eigenvalue weighted by Gasteiger charge is 2.13. The lowest BCUT2D eigenvalue weighted by Gasteiger charge is -2.12. The van der Waals surface area contributed by atoms with Gasteiger partial charge < -0.3 is 15.4 Å². The Bertz CT molecular complexity index is 496. The molecule has 92 valence electrons. The van der Waals surface area contributed by atoms with Crippen molar-refractivity contribution in [3.05, 3.63) is 35.5 Å². The van der Waals surface area contributed by atoms with Crippen LogP contribution in [0.4, 0.5) is 0 Å². The second kappa shape index (κ2) is 6.27. The average molecular weight is 255 g/mol. The number of H-pyrrole nitrogens is 1. The van der Waals surface area contributed by atoms with Crippen LogP contribution in [0, 0.1) is 0 Å². The van der Waals surface area contributed by atoms with Crippen LogP contribution >= 0.6 is 12.4 Å². The maximum absolute atomic E-state index is 8.36. The zero-order valence-corrected chi connectivity index (χ0v) is 10.1. The molecule has 0 radical (unpaired) electrons. The molecule has 0 amide bonds. The van der Waals surface area contributed by atoms with Crippen molar-refractivity contribution in [2.75, 3.05) is 6.54 Å². The number of aromatic nitrogens is 1. The molecule has 2 heterocycles. The third kappa shape index (κ3) is 2.78. The van der Waals surface area contributed by atoms with E-state index in [2.05, 4.69) is 34.6 Å². The van der Waals surface area contributed by atoms with Gasteiger partial charge in [0.2, 0.25) is 0 Å². The Hall–Kier alpha value is -1.52. The summed E-state index contributed by atoms with van der Waals surface area (Å²) >= 11 is 0. The molecule has 0 fully saturated rings. The Labute approximate surface area is 105 Å². The smallest absolute Gasteiger partial charge is 0.290 e. The first-order valence-corrected chi connectivity index (χ1v) is 5.24. The van der Waals surface area contributed by atoms with Gasteiger partial charge >= 0.3 is 0 Å². The van der Waals surface area contributed by atoms with Gasteiger partial charge in [-0.2, -0.15) is 0 Å². The van der Waals surface area contributed by atoms with Crippen molar-refractivity contribution in [3.8, 4) is 0 Å². The molecule has 4 nitrogen and oxygen atoms in total. The van der Waals surface area contributed by atoms with Gasteiger partial charge in [0, 0.05) is 23.1 Å². The Kier molecular flexibility index (Phi) is 5.00. The van der Waals surface area contributed by atoms with Crippen LogP contribution in [0.3, 0.4) is 0 Å². The molecule has 0 unspecified atom stereocenters. The van der Waals surface area contributed by atoms with Crippen molar-refractivity contribution in [2.24, 2.45) is 0 Å². The summed E-state index contributed by atoms with van der Waals surface area (Å²) < 4.78 is 0. The van der Waals surface area contributed by atoms with Crippen molar-refractivity contribution < 1.29 is 9.90 Å². The van der Waals surface area contributed by atoms with Crippen molar-refractivity contribution in [2.45, 2.75) is 13.0 Å². The maximum Gasteiger partial charge on any atom is 0.290 e. The third-order valence-corrected chi connectivity index (χ3v) is 2.76. The Balaban J connectivity index is 0.000000331. The quantitative estimate of drug-likeness (QED) is 0.630. The minimum absolute atomic E-state index is 0. The van der Waals surface area contributed by atoms with Gasteiger partial charge in [0.15, 0.2) is 0 Å². The number of hydrogen-bond donors (Lipinski definition) is 3. The molecule has 5 heteroatoms. The number of nitrogens with one attached hydrogen (secondary N) is 2. The van der Waals surface area contributed by atoms with Crippen LogP contribution in [-0.4, -0.2) is 23.1 Å². The first-order chi connectivity index (χ1) is 7.86. The van der Waals surface area contributed by atoms with E-state index < -0.39 is 0 Å². The number of benzene rings is 1. The number of carboxylic acid groups (broad SMARTS) is 1. The van der Waals surface area contributed by atoms with Crippen LogP contribution < -0.4 is 5.32 Å². The zero-order valence-electron chi connectivity index (χ0n) is 9.27. The van der Waals surface area contributed by atoms with Gasteiger partial charge in [-0.15, -0.1) is 12.4 Å². The molecular formula is C12H15ClN2O2. The first-order valence-electron chi connectivity index (χ1n) is 5.24. The van der Waals surface area contributed by atoms with E-state index in [4.69, 9.17) is 9.90 Å². The molecule has 1 aromatic carbocycles. The zero-order chi connectivity index (χ0) is 11.4.